The van der Waals surface area contributed by atoms with Crippen LogP contribution in [0.3, 0.4) is 0 Å². The lowest BCUT2D eigenvalue weighted by Crippen LogP contribution is -2.32. The number of urea groups is 1. The van der Waals surface area contributed by atoms with E-state index in [0.717, 1.165) is 50.8 Å². The summed E-state index contributed by atoms with van der Waals surface area (Å²) in [7, 11) is 0.995. The van der Waals surface area contributed by atoms with Gasteiger partial charge in [0, 0.05) is 35.9 Å². The molecular weight excluding hydrogens is 540 g/mol. The largest absolute Gasteiger partial charge is 0.416 e. The van der Waals surface area contributed by atoms with Gasteiger partial charge in [0.2, 0.25) is 0 Å². The molecule has 8 nitrogen and oxygen atoms in total. The van der Waals surface area contributed by atoms with Gasteiger partial charge < -0.3 is 16.4 Å². The van der Waals surface area contributed by atoms with Crippen molar-refractivity contribution in [2.75, 3.05) is 36.1 Å². The fourth-order valence-corrected chi connectivity index (χ4v) is 4.81. The third kappa shape index (κ3) is 5.01. The van der Waals surface area contributed by atoms with E-state index >= 15 is 8.78 Å². The average molecular weight is 564 g/mol. The molecule has 14 heteroatoms. The van der Waals surface area contributed by atoms with Crippen LogP contribution in [-0.4, -0.2) is 40.8 Å². The number of amides is 2. The maximum absolute atomic E-state index is 15.4. The number of hydrogen-bond acceptors (Lipinski definition) is 5. The van der Waals surface area contributed by atoms with E-state index in [-0.39, 0.29) is 22.9 Å². The summed E-state index contributed by atoms with van der Waals surface area (Å²) in [6.45, 7) is 1.56. The van der Waals surface area contributed by atoms with Gasteiger partial charge in [-0.3, -0.25) is 4.90 Å². The van der Waals surface area contributed by atoms with Crippen LogP contribution in [0.5, 0.6) is 0 Å². The van der Waals surface area contributed by atoms with Crippen molar-refractivity contribution in [1.82, 2.24) is 19.9 Å². The van der Waals surface area contributed by atoms with E-state index in [4.69, 9.17) is 5.73 Å². The second-order valence-electron chi connectivity index (χ2n) is 9.38. The Morgan fingerprint density at radius 2 is 1.77 bits per heavy atom. The first kappa shape index (κ1) is 27.2. The number of fused-ring (bicyclic) bond motifs is 1. The van der Waals surface area contributed by atoms with Crippen LogP contribution in [0.25, 0.3) is 16.6 Å². The molecule has 2 amide bonds. The quantitative estimate of drug-likeness (QED) is 0.283. The summed E-state index contributed by atoms with van der Waals surface area (Å²) in [5.74, 6) is -2.92. The van der Waals surface area contributed by atoms with E-state index < -0.39 is 46.6 Å². The lowest BCUT2D eigenvalue weighted by atomic mass is 9.94. The molecule has 0 unspecified atom stereocenters. The second-order valence-corrected chi connectivity index (χ2v) is 9.38. The highest BCUT2D eigenvalue weighted by atomic mass is 19.4. The molecule has 2 aromatic carbocycles. The molecule has 3 heterocycles. The predicted molar refractivity (Wildman–Crippen MR) is 136 cm³/mol. The molecule has 1 aliphatic rings. The Labute approximate surface area is 223 Å². The zero-order valence-corrected chi connectivity index (χ0v) is 21.0. The Kier molecular flexibility index (Phi) is 7.04. The molecule has 0 spiro atoms. The molecule has 210 valence electrons. The summed E-state index contributed by atoms with van der Waals surface area (Å²) in [5, 5.41) is 9.62. The molecule has 0 atom stereocenters. The summed E-state index contributed by atoms with van der Waals surface area (Å²) >= 11 is 0. The molecule has 0 saturated carbocycles. The highest BCUT2D eigenvalue weighted by Gasteiger charge is 2.32. The Morgan fingerprint density at radius 1 is 1.05 bits per heavy atom. The molecule has 1 fully saturated rings. The number of aromatic nitrogens is 3. The maximum atomic E-state index is 15.4. The van der Waals surface area contributed by atoms with Crippen LogP contribution in [0.15, 0.2) is 42.7 Å². The first-order chi connectivity index (χ1) is 19.0. The monoisotopic (exact) mass is 563 g/mol. The minimum atomic E-state index is -4.78. The first-order valence-electron chi connectivity index (χ1n) is 12.2. The smallest absolute Gasteiger partial charge is 0.382 e. The molecule has 4 N–H and O–H groups in total. The number of alkyl halides is 3. The highest BCUT2D eigenvalue weighted by molar-refractivity contribution is 6.02. The first-order valence-corrected chi connectivity index (χ1v) is 12.2. The molecule has 0 aliphatic carbocycles. The number of nitrogens with two attached hydrogens (primary N) is 1. The van der Waals surface area contributed by atoms with Crippen molar-refractivity contribution in [1.29, 1.82) is 0 Å². The normalized spacial score (nSPS) is 14.5. The Morgan fingerprint density at radius 3 is 2.48 bits per heavy atom. The van der Waals surface area contributed by atoms with E-state index in [0.29, 0.717) is 28.6 Å². The number of halogens is 6. The van der Waals surface area contributed by atoms with Crippen molar-refractivity contribution < 1.29 is 31.1 Å². The van der Waals surface area contributed by atoms with E-state index in [9.17, 15) is 22.4 Å². The molecule has 2 aromatic heterocycles. The number of carbonyl (C=O) groups is 1. The van der Waals surface area contributed by atoms with Crippen LogP contribution in [0, 0.1) is 17.5 Å². The molecule has 5 rings (SSSR count). The van der Waals surface area contributed by atoms with Crippen molar-refractivity contribution in [3.8, 4) is 11.1 Å². The number of piperidine rings is 1. The van der Waals surface area contributed by atoms with Gasteiger partial charge in [-0.1, -0.05) is 0 Å². The van der Waals surface area contributed by atoms with Gasteiger partial charge in [-0.15, -0.1) is 0 Å². The molecule has 4 aromatic rings. The van der Waals surface area contributed by atoms with E-state index in [2.05, 4.69) is 20.7 Å². The lowest BCUT2D eigenvalue weighted by molar-refractivity contribution is -0.137. The summed E-state index contributed by atoms with van der Waals surface area (Å²) in [4.78, 5) is 17.2. The van der Waals surface area contributed by atoms with Gasteiger partial charge in [-0.25, -0.2) is 27.5 Å². The Hall–Kier alpha value is -4.33. The van der Waals surface area contributed by atoms with E-state index in [1.807, 2.05) is 0 Å². The fourth-order valence-electron chi connectivity index (χ4n) is 4.81. The van der Waals surface area contributed by atoms with Crippen LogP contribution >= 0.6 is 0 Å². The summed E-state index contributed by atoms with van der Waals surface area (Å²) in [5.41, 5.74) is 4.77. The number of anilines is 3. The van der Waals surface area contributed by atoms with Gasteiger partial charge >= 0.3 is 12.2 Å². The van der Waals surface area contributed by atoms with Crippen molar-refractivity contribution in [3.63, 3.8) is 0 Å². The van der Waals surface area contributed by atoms with Gasteiger partial charge in [0.05, 0.1) is 16.9 Å². The molecular formula is C26H23F6N7O. The maximum Gasteiger partial charge on any atom is 0.416 e. The third-order valence-corrected chi connectivity index (χ3v) is 6.90. The number of benzene rings is 2. The van der Waals surface area contributed by atoms with Crippen LogP contribution in [-0.2, 0) is 6.18 Å². The minimum Gasteiger partial charge on any atom is -0.382 e. The summed E-state index contributed by atoms with van der Waals surface area (Å²) < 4.78 is 85.6. The predicted octanol–water partition coefficient (Wildman–Crippen LogP) is 5.55. The van der Waals surface area contributed by atoms with Gasteiger partial charge in [-0.2, -0.15) is 18.3 Å². The van der Waals surface area contributed by atoms with Crippen LogP contribution in [0.2, 0.25) is 0 Å². The van der Waals surface area contributed by atoms with Gasteiger partial charge in [0.25, 0.3) is 0 Å². The average Bonchev–Trinajstić information content (AvgIpc) is 3.31. The highest BCUT2D eigenvalue weighted by Crippen LogP contribution is 2.38. The number of nitrogens with zero attached hydrogens (tertiary/aromatic N) is 4. The van der Waals surface area contributed by atoms with E-state index in [1.54, 1.807) is 10.6 Å². The van der Waals surface area contributed by atoms with Gasteiger partial charge in [-0.05, 0) is 56.3 Å². The standard InChI is InChI=1S/C26H23F6N7O/c1-38(22-8-14(26(30,31)32)2-3-17(22)27)25(40)37-20-11-18(28)15(9-19(20)29)16-10-21(13-4-6-34-7-5-13)39-23(16)24(33)35-12-36-39/h2-3,8-13,34H,4-7H2,1H3,(H,37,40)(H2,33,35,36). The number of nitrogen functional groups attached to an aromatic ring is 1. The lowest BCUT2D eigenvalue weighted by Gasteiger charge is -2.22. The summed E-state index contributed by atoms with van der Waals surface area (Å²) in [6.07, 6.45) is -1.90. The second kappa shape index (κ2) is 10.3. The fraction of sp³-hybridized carbons (Fsp3) is 0.269. The van der Waals surface area contributed by atoms with Crippen molar-refractivity contribution in [2.45, 2.75) is 24.9 Å². The molecule has 0 radical (unpaired) electrons. The zero-order valence-electron chi connectivity index (χ0n) is 21.0. The zero-order chi connectivity index (χ0) is 28.8. The molecule has 40 heavy (non-hydrogen) atoms. The third-order valence-electron chi connectivity index (χ3n) is 6.90. The summed E-state index contributed by atoms with van der Waals surface area (Å²) in [6, 6.07) is 3.63. The SMILES string of the molecule is CN(C(=O)Nc1cc(F)c(-c2cc(C3CCNCC3)n3ncnc(N)c23)cc1F)c1cc(C(F)(F)F)ccc1F. The van der Waals surface area contributed by atoms with E-state index in [1.165, 1.54) is 6.33 Å². The van der Waals surface area contributed by atoms with Crippen LogP contribution in [0.4, 0.5) is 48.3 Å². The van der Waals surface area contributed by atoms with Gasteiger partial charge in [0.15, 0.2) is 5.82 Å². The topological polar surface area (TPSA) is 101 Å². The van der Waals surface area contributed by atoms with Crippen LogP contribution < -0.4 is 21.3 Å². The number of carbonyl (C=O) groups excluding carboxylic acids is 1. The van der Waals surface area contributed by atoms with Crippen molar-refractivity contribution in [2.24, 2.45) is 0 Å². The number of hydrogen-bond donors (Lipinski definition) is 3. The van der Waals surface area contributed by atoms with Gasteiger partial charge in [0.1, 0.15) is 29.3 Å². The van der Waals surface area contributed by atoms with Crippen molar-refractivity contribution >= 4 is 28.7 Å². The Balaban J connectivity index is 1.48. The molecule has 1 saturated heterocycles. The number of rotatable bonds is 4. The molecule has 0 bridgehead atoms. The Bertz CT molecular complexity index is 1600. The van der Waals surface area contributed by atoms with Crippen LogP contribution in [0.1, 0.15) is 30.0 Å². The minimum absolute atomic E-state index is 0.0621. The number of nitrogens with one attached hydrogen (secondary N) is 2. The van der Waals surface area contributed by atoms with Crippen molar-refractivity contribution in [3.05, 3.63) is 71.4 Å². The molecule has 1 aliphatic heterocycles.